The minimum Gasteiger partial charge on any atom is -0.238 e. The van der Waals surface area contributed by atoms with Gasteiger partial charge in [0.2, 0.25) is 0 Å². The lowest BCUT2D eigenvalue weighted by Crippen LogP contribution is -2.09. The van der Waals surface area contributed by atoms with E-state index in [-0.39, 0.29) is 5.92 Å². The number of aromatic nitrogens is 7. The first-order valence-corrected chi connectivity index (χ1v) is 14.7. The van der Waals surface area contributed by atoms with E-state index >= 15 is 0 Å². The molecule has 0 N–H and O–H groups in total. The van der Waals surface area contributed by atoms with Gasteiger partial charge >= 0.3 is 0 Å². The molecular weight excluding hydrogens is 518 g/mol. The van der Waals surface area contributed by atoms with Crippen molar-refractivity contribution in [2.45, 2.75) is 58.3 Å². The Morgan fingerprint density at radius 1 is 0.524 bits per heavy atom. The van der Waals surface area contributed by atoms with Crippen molar-refractivity contribution in [3.63, 3.8) is 0 Å². The summed E-state index contributed by atoms with van der Waals surface area (Å²) in [6, 6.07) is 31.9. The maximum absolute atomic E-state index is 4.68. The van der Waals surface area contributed by atoms with Crippen molar-refractivity contribution < 1.29 is 0 Å². The van der Waals surface area contributed by atoms with Crippen molar-refractivity contribution in [2.24, 2.45) is 0 Å². The highest BCUT2D eigenvalue weighted by molar-refractivity contribution is 5.39. The van der Waals surface area contributed by atoms with Crippen LogP contribution in [0.25, 0.3) is 17.1 Å². The summed E-state index contributed by atoms with van der Waals surface area (Å²) in [5.41, 5.74) is 9.29. The fourth-order valence-electron chi connectivity index (χ4n) is 5.68. The van der Waals surface area contributed by atoms with Crippen LogP contribution in [0.4, 0.5) is 0 Å². The van der Waals surface area contributed by atoms with Crippen molar-refractivity contribution in [3.05, 3.63) is 138 Å². The number of nitrogens with zero attached hydrogens (tertiary/aromatic N) is 7. The van der Waals surface area contributed by atoms with E-state index in [4.69, 9.17) is 0 Å². The molecule has 0 aliphatic rings. The summed E-state index contributed by atoms with van der Waals surface area (Å²) < 4.78 is 6.04. The quantitative estimate of drug-likeness (QED) is 0.176. The molecule has 0 bridgehead atoms. The lowest BCUT2D eigenvalue weighted by Gasteiger charge is -2.16. The average molecular weight is 556 g/mol. The van der Waals surface area contributed by atoms with E-state index < -0.39 is 0 Å². The molecule has 0 spiro atoms. The minimum atomic E-state index is 0.267. The third-order valence-corrected chi connectivity index (χ3v) is 7.97. The third-order valence-electron chi connectivity index (χ3n) is 7.97. The summed E-state index contributed by atoms with van der Waals surface area (Å²) in [5, 5.41) is 17.7. The fourth-order valence-corrected chi connectivity index (χ4v) is 5.68. The summed E-state index contributed by atoms with van der Waals surface area (Å²) in [6.45, 7) is 8.89. The van der Waals surface area contributed by atoms with Crippen LogP contribution in [0, 0.1) is 0 Å². The van der Waals surface area contributed by atoms with Gasteiger partial charge in [0.15, 0.2) is 0 Å². The van der Waals surface area contributed by atoms with Gasteiger partial charge in [0, 0.05) is 35.6 Å². The van der Waals surface area contributed by atoms with Gasteiger partial charge in [-0.1, -0.05) is 75.4 Å². The standard InChI is InChI=1S/C35H37N7/c1-25(2)33-18-20-37-40(33)31-14-10-28(11-15-31)22-26(3)34-19-21-38-41(34)32-16-12-29(13-17-32)23-27(4)35-24-36-39-42(35)30-8-6-5-7-9-30/h5-21,24-27H,22-23H2,1-4H3. The number of benzene rings is 3. The number of para-hydroxylation sites is 1. The number of hydrogen-bond acceptors (Lipinski definition) is 4. The Morgan fingerprint density at radius 2 is 1.02 bits per heavy atom. The van der Waals surface area contributed by atoms with E-state index in [1.807, 2.05) is 46.2 Å². The SMILES string of the molecule is CC(C)c1ccnn1-c1ccc(CC(C)c2ccnn2-c2ccc(CC(C)c3cnnn3-c3ccccc3)cc2)cc1. The first-order valence-electron chi connectivity index (χ1n) is 14.7. The van der Waals surface area contributed by atoms with Gasteiger partial charge < -0.3 is 0 Å². The molecule has 7 nitrogen and oxygen atoms in total. The molecule has 0 fully saturated rings. The smallest absolute Gasteiger partial charge is 0.0732 e. The van der Waals surface area contributed by atoms with Crippen LogP contribution in [0.3, 0.4) is 0 Å². The number of hydrogen-bond donors (Lipinski definition) is 0. The van der Waals surface area contributed by atoms with Gasteiger partial charge in [-0.25, -0.2) is 14.0 Å². The topological polar surface area (TPSA) is 66.3 Å². The molecule has 2 atom stereocenters. The summed E-state index contributed by atoms with van der Waals surface area (Å²) >= 11 is 0. The molecule has 42 heavy (non-hydrogen) atoms. The van der Waals surface area contributed by atoms with E-state index in [0.29, 0.717) is 11.8 Å². The highest BCUT2D eigenvalue weighted by atomic mass is 15.4. The molecule has 3 aromatic carbocycles. The summed E-state index contributed by atoms with van der Waals surface area (Å²) in [6.07, 6.45) is 7.47. The number of rotatable bonds is 10. The van der Waals surface area contributed by atoms with Gasteiger partial charge in [-0.3, -0.25) is 0 Å². The monoisotopic (exact) mass is 555 g/mol. The predicted octanol–water partition coefficient (Wildman–Crippen LogP) is 7.45. The Bertz CT molecular complexity index is 1720. The molecule has 6 aromatic rings. The second-order valence-electron chi connectivity index (χ2n) is 11.4. The zero-order valence-electron chi connectivity index (χ0n) is 24.7. The molecule has 0 aliphatic carbocycles. The van der Waals surface area contributed by atoms with Crippen molar-refractivity contribution >= 4 is 0 Å². The van der Waals surface area contributed by atoms with Gasteiger partial charge in [0.05, 0.1) is 29.0 Å². The van der Waals surface area contributed by atoms with Crippen LogP contribution >= 0.6 is 0 Å². The molecule has 6 rings (SSSR count). The van der Waals surface area contributed by atoms with E-state index in [2.05, 4.69) is 126 Å². The van der Waals surface area contributed by atoms with Gasteiger partial charge in [0.1, 0.15) is 0 Å². The molecule has 0 aliphatic heterocycles. The third kappa shape index (κ3) is 5.68. The van der Waals surface area contributed by atoms with E-state index in [0.717, 1.165) is 35.6 Å². The molecule has 7 heteroatoms. The molecule has 2 unspecified atom stereocenters. The molecular formula is C35H37N7. The summed E-state index contributed by atoms with van der Waals surface area (Å²) in [5.74, 6) is 0.995. The van der Waals surface area contributed by atoms with Crippen molar-refractivity contribution in [2.75, 3.05) is 0 Å². The molecule has 0 saturated heterocycles. The van der Waals surface area contributed by atoms with Crippen LogP contribution in [0.1, 0.15) is 73.7 Å². The van der Waals surface area contributed by atoms with Crippen molar-refractivity contribution in [1.29, 1.82) is 0 Å². The van der Waals surface area contributed by atoms with Gasteiger partial charge in [-0.2, -0.15) is 10.2 Å². The maximum atomic E-state index is 4.68. The van der Waals surface area contributed by atoms with Crippen LogP contribution in [0.2, 0.25) is 0 Å². The Kier molecular flexibility index (Phi) is 7.82. The largest absolute Gasteiger partial charge is 0.238 e. The van der Waals surface area contributed by atoms with Crippen molar-refractivity contribution in [3.8, 4) is 17.1 Å². The van der Waals surface area contributed by atoms with Crippen LogP contribution in [0.5, 0.6) is 0 Å². The highest BCUT2D eigenvalue weighted by Crippen LogP contribution is 2.26. The Morgan fingerprint density at radius 3 is 1.60 bits per heavy atom. The maximum Gasteiger partial charge on any atom is 0.0732 e. The molecule has 3 aromatic heterocycles. The predicted molar refractivity (Wildman–Crippen MR) is 167 cm³/mol. The van der Waals surface area contributed by atoms with Crippen LogP contribution < -0.4 is 0 Å². The van der Waals surface area contributed by atoms with Crippen LogP contribution in [0.15, 0.2) is 110 Å². The van der Waals surface area contributed by atoms with Gasteiger partial charge in [-0.05, 0) is 78.4 Å². The normalized spacial score (nSPS) is 13.0. The second kappa shape index (κ2) is 12.0. The summed E-state index contributed by atoms with van der Waals surface area (Å²) in [4.78, 5) is 0. The zero-order chi connectivity index (χ0) is 29.1. The molecule has 0 radical (unpaired) electrons. The second-order valence-corrected chi connectivity index (χ2v) is 11.4. The van der Waals surface area contributed by atoms with Crippen molar-refractivity contribution in [1.82, 2.24) is 34.6 Å². The Balaban J connectivity index is 1.13. The molecule has 212 valence electrons. The minimum absolute atomic E-state index is 0.267. The zero-order valence-corrected chi connectivity index (χ0v) is 24.7. The molecule has 3 heterocycles. The fraction of sp³-hybridized carbons (Fsp3) is 0.257. The molecule has 0 amide bonds. The summed E-state index contributed by atoms with van der Waals surface area (Å²) in [7, 11) is 0. The lowest BCUT2D eigenvalue weighted by atomic mass is 9.97. The van der Waals surface area contributed by atoms with Gasteiger partial charge in [-0.15, -0.1) is 5.10 Å². The lowest BCUT2D eigenvalue weighted by molar-refractivity contribution is 0.670. The first kappa shape index (κ1) is 27.4. The van der Waals surface area contributed by atoms with Crippen LogP contribution in [-0.2, 0) is 12.8 Å². The first-order chi connectivity index (χ1) is 20.5. The molecule has 0 saturated carbocycles. The van der Waals surface area contributed by atoms with E-state index in [1.165, 1.54) is 22.5 Å². The average Bonchev–Trinajstić information content (AvgIpc) is 3.79. The van der Waals surface area contributed by atoms with E-state index in [1.54, 1.807) is 0 Å². The Labute approximate surface area is 247 Å². The van der Waals surface area contributed by atoms with Crippen LogP contribution in [-0.4, -0.2) is 34.6 Å². The highest BCUT2D eigenvalue weighted by Gasteiger charge is 2.17. The van der Waals surface area contributed by atoms with E-state index in [9.17, 15) is 0 Å². The van der Waals surface area contributed by atoms with Gasteiger partial charge in [0.25, 0.3) is 0 Å². The Hall–Kier alpha value is -4.78.